The second-order valence-electron chi connectivity index (χ2n) is 7.62. The van der Waals surface area contributed by atoms with Gasteiger partial charge in [0.2, 0.25) is 0 Å². The molecule has 0 unspecified atom stereocenters. The van der Waals surface area contributed by atoms with Crippen LogP contribution in [0.2, 0.25) is 5.02 Å². The number of halogens is 1. The van der Waals surface area contributed by atoms with Gasteiger partial charge in [-0.05, 0) is 73.4 Å². The fourth-order valence-corrected chi connectivity index (χ4v) is 3.66. The van der Waals surface area contributed by atoms with Gasteiger partial charge in [-0.15, -0.1) is 0 Å². The Kier molecular flexibility index (Phi) is 8.50. The third-order valence-electron chi connectivity index (χ3n) is 5.20. The molecule has 0 saturated carbocycles. The highest BCUT2D eigenvalue weighted by molar-refractivity contribution is 6.34. The van der Waals surface area contributed by atoms with Crippen LogP contribution in [-0.4, -0.2) is 25.4 Å². The molecule has 0 atom stereocenters. The van der Waals surface area contributed by atoms with Crippen LogP contribution in [0.3, 0.4) is 0 Å². The highest BCUT2D eigenvalue weighted by Crippen LogP contribution is 2.29. The molecule has 3 aromatic carbocycles. The lowest BCUT2D eigenvalue weighted by molar-refractivity contribution is 0.0950. The zero-order valence-electron chi connectivity index (χ0n) is 19.1. The number of carbonyl (C=O) groups excluding carboxylic acids is 2. The van der Waals surface area contributed by atoms with E-state index in [0.717, 1.165) is 35.0 Å². The van der Waals surface area contributed by atoms with Gasteiger partial charge in [0, 0.05) is 17.7 Å². The predicted octanol–water partition coefficient (Wildman–Crippen LogP) is 6.25. The molecular weight excluding hydrogens is 438 g/mol. The van der Waals surface area contributed by atoms with Crippen LogP contribution in [0.5, 0.6) is 11.5 Å². The molecule has 0 fully saturated rings. The number of ether oxygens (including phenoxy) is 2. The second-order valence-corrected chi connectivity index (χ2v) is 8.02. The topological polar surface area (TPSA) is 64.6 Å². The molecule has 5 nitrogen and oxygen atoms in total. The summed E-state index contributed by atoms with van der Waals surface area (Å²) in [5.74, 6) is 1.05. The molecule has 6 heteroatoms. The van der Waals surface area contributed by atoms with Crippen molar-refractivity contribution in [2.45, 2.75) is 33.7 Å². The summed E-state index contributed by atoms with van der Waals surface area (Å²) in [6, 6.07) is 16.6. The summed E-state index contributed by atoms with van der Waals surface area (Å²) in [6.45, 7) is 7.20. The maximum atomic E-state index is 12.8. The van der Waals surface area contributed by atoms with Gasteiger partial charge in [0.15, 0.2) is 0 Å². The summed E-state index contributed by atoms with van der Waals surface area (Å²) < 4.78 is 11.3. The molecule has 172 valence electrons. The summed E-state index contributed by atoms with van der Waals surface area (Å²) in [5, 5.41) is 3.26. The molecule has 0 saturated heterocycles. The van der Waals surface area contributed by atoms with E-state index in [1.54, 1.807) is 18.2 Å². The van der Waals surface area contributed by atoms with Gasteiger partial charge in [-0.1, -0.05) is 36.7 Å². The largest absolute Gasteiger partial charge is 0.494 e. The van der Waals surface area contributed by atoms with Crippen LogP contribution in [0.25, 0.3) is 11.1 Å². The molecule has 1 N–H and O–H groups in total. The minimum absolute atomic E-state index is 0.263. The first-order valence-electron chi connectivity index (χ1n) is 11.0. The van der Waals surface area contributed by atoms with E-state index >= 15 is 0 Å². The molecule has 3 aromatic rings. The fourth-order valence-electron chi connectivity index (χ4n) is 3.40. The first kappa shape index (κ1) is 24.3. The van der Waals surface area contributed by atoms with Gasteiger partial charge in [0.05, 0.1) is 23.8 Å². The molecule has 0 heterocycles. The lowest BCUT2D eigenvalue weighted by Crippen LogP contribution is -2.23. The van der Waals surface area contributed by atoms with Crippen LogP contribution >= 0.6 is 11.6 Å². The number of nitrogens with one attached hydrogen (secondary N) is 1. The molecule has 0 aliphatic carbocycles. The molecular formula is C27H28ClNO4. The average molecular weight is 466 g/mol. The molecule has 0 radical (unpaired) electrons. The van der Waals surface area contributed by atoms with Crippen molar-refractivity contribution in [3.63, 3.8) is 0 Å². The monoisotopic (exact) mass is 465 g/mol. The van der Waals surface area contributed by atoms with Crippen LogP contribution in [0.4, 0.5) is 0 Å². The number of carbonyl (C=O) groups is 2. The van der Waals surface area contributed by atoms with E-state index in [2.05, 4.69) is 5.32 Å². The summed E-state index contributed by atoms with van der Waals surface area (Å²) in [6.07, 6.45) is 1.75. The lowest BCUT2D eigenvalue weighted by atomic mass is 9.98. The van der Waals surface area contributed by atoms with Crippen molar-refractivity contribution in [2.75, 3.05) is 13.2 Å². The fraction of sp³-hybridized carbons (Fsp3) is 0.259. The average Bonchev–Trinajstić information content (AvgIpc) is 2.82. The van der Waals surface area contributed by atoms with E-state index in [4.69, 9.17) is 21.1 Å². The van der Waals surface area contributed by atoms with Crippen LogP contribution in [0.1, 0.15) is 52.1 Å². The van der Waals surface area contributed by atoms with Crippen molar-refractivity contribution < 1.29 is 19.1 Å². The second kappa shape index (κ2) is 11.5. The Balaban J connectivity index is 1.81. The minimum Gasteiger partial charge on any atom is -0.494 e. The van der Waals surface area contributed by atoms with E-state index in [9.17, 15) is 9.59 Å². The normalized spacial score (nSPS) is 10.5. The SMILES string of the molecule is CCCOc1ccc(C(=O)NCc2cc(-c3ccc(C)c(C=O)c3)ccc2OCC)c(Cl)c1. The molecule has 3 rings (SSSR count). The Morgan fingerprint density at radius 2 is 1.76 bits per heavy atom. The third-order valence-corrected chi connectivity index (χ3v) is 5.51. The highest BCUT2D eigenvalue weighted by Gasteiger charge is 2.14. The predicted molar refractivity (Wildman–Crippen MR) is 132 cm³/mol. The number of amides is 1. The first-order chi connectivity index (χ1) is 16.0. The Morgan fingerprint density at radius 3 is 2.45 bits per heavy atom. The standard InChI is InChI=1S/C27H28ClNO4/c1-4-12-33-23-9-10-24(25(28)15-23)27(31)29-16-21-13-20(8-11-26(21)32-5-2)19-7-6-18(3)22(14-19)17-30/h6-11,13-15,17H,4-5,12,16H2,1-3H3,(H,29,31). The Bertz CT molecular complexity index is 1140. The van der Waals surface area contributed by atoms with Crippen molar-refractivity contribution in [1.29, 1.82) is 0 Å². The summed E-state index contributed by atoms with van der Waals surface area (Å²) in [7, 11) is 0. The quantitative estimate of drug-likeness (QED) is 0.359. The smallest absolute Gasteiger partial charge is 0.253 e. The van der Waals surface area contributed by atoms with Crippen LogP contribution in [-0.2, 0) is 6.54 Å². The lowest BCUT2D eigenvalue weighted by Gasteiger charge is -2.14. The van der Waals surface area contributed by atoms with Gasteiger partial charge >= 0.3 is 0 Å². The summed E-state index contributed by atoms with van der Waals surface area (Å²) in [5.41, 5.74) is 4.64. The maximum Gasteiger partial charge on any atom is 0.253 e. The third kappa shape index (κ3) is 6.14. The van der Waals surface area contributed by atoms with Gasteiger partial charge in [0.25, 0.3) is 5.91 Å². The molecule has 0 spiro atoms. The Morgan fingerprint density at radius 1 is 1.00 bits per heavy atom. The van der Waals surface area contributed by atoms with Gasteiger partial charge < -0.3 is 14.8 Å². The van der Waals surface area contributed by atoms with Crippen molar-refractivity contribution in [3.05, 3.63) is 81.9 Å². The Labute approximate surface area is 199 Å². The molecule has 33 heavy (non-hydrogen) atoms. The van der Waals surface area contributed by atoms with E-state index in [0.29, 0.717) is 40.9 Å². The molecule has 1 amide bonds. The molecule has 0 bridgehead atoms. The van der Waals surface area contributed by atoms with Gasteiger partial charge in [0.1, 0.15) is 17.8 Å². The number of hydrogen-bond donors (Lipinski definition) is 1. The number of rotatable bonds is 10. The van der Waals surface area contributed by atoms with E-state index < -0.39 is 0 Å². The van der Waals surface area contributed by atoms with Gasteiger partial charge in [-0.3, -0.25) is 9.59 Å². The van der Waals surface area contributed by atoms with Crippen LogP contribution in [0, 0.1) is 6.92 Å². The van der Waals surface area contributed by atoms with Gasteiger partial charge in [-0.2, -0.15) is 0 Å². The summed E-state index contributed by atoms with van der Waals surface area (Å²) >= 11 is 6.32. The van der Waals surface area contributed by atoms with E-state index in [1.165, 1.54) is 0 Å². The molecule has 0 aliphatic heterocycles. The summed E-state index contributed by atoms with van der Waals surface area (Å²) in [4.78, 5) is 24.1. The van der Waals surface area contributed by atoms with E-state index in [-0.39, 0.29) is 12.5 Å². The van der Waals surface area contributed by atoms with Crippen molar-refractivity contribution in [3.8, 4) is 22.6 Å². The number of hydrogen-bond acceptors (Lipinski definition) is 4. The van der Waals surface area contributed by atoms with Gasteiger partial charge in [-0.25, -0.2) is 0 Å². The van der Waals surface area contributed by atoms with Crippen molar-refractivity contribution >= 4 is 23.8 Å². The number of aryl methyl sites for hydroxylation is 1. The van der Waals surface area contributed by atoms with E-state index in [1.807, 2.05) is 57.2 Å². The highest BCUT2D eigenvalue weighted by atomic mass is 35.5. The maximum absolute atomic E-state index is 12.8. The minimum atomic E-state index is -0.284. The zero-order chi connectivity index (χ0) is 23.8. The number of aldehydes is 1. The molecule has 0 aliphatic rings. The molecule has 0 aromatic heterocycles. The Hall–Kier alpha value is -3.31. The van der Waals surface area contributed by atoms with Crippen molar-refractivity contribution in [1.82, 2.24) is 5.32 Å². The van der Waals surface area contributed by atoms with Crippen molar-refractivity contribution in [2.24, 2.45) is 0 Å². The number of benzene rings is 3. The first-order valence-corrected chi connectivity index (χ1v) is 11.4. The van der Waals surface area contributed by atoms with Crippen LogP contribution < -0.4 is 14.8 Å². The zero-order valence-corrected chi connectivity index (χ0v) is 19.9. The van der Waals surface area contributed by atoms with Crippen LogP contribution in [0.15, 0.2) is 54.6 Å².